The number of methoxy groups -OCH3 is 1. The van der Waals surface area contributed by atoms with E-state index in [0.717, 1.165) is 5.56 Å². The topological polar surface area (TPSA) is 61.8 Å². The summed E-state index contributed by atoms with van der Waals surface area (Å²) < 4.78 is 15.3. The molecule has 5 heteroatoms. The number of carbonyl (C=O) groups is 2. The van der Waals surface area contributed by atoms with Crippen LogP contribution in [0, 0.1) is 0 Å². The van der Waals surface area contributed by atoms with Gasteiger partial charge in [0, 0.05) is 13.3 Å². The quantitative estimate of drug-likeness (QED) is 0.747. The molecule has 1 aromatic rings. The predicted molar refractivity (Wildman–Crippen MR) is 73.5 cm³/mol. The zero-order valence-electron chi connectivity index (χ0n) is 12.2. The fourth-order valence-corrected chi connectivity index (χ4v) is 1.83. The molecule has 5 nitrogen and oxygen atoms in total. The minimum absolute atomic E-state index is 0.259. The Balaban J connectivity index is 2.77. The molecule has 0 aromatic heterocycles. The van der Waals surface area contributed by atoms with Crippen LogP contribution in [-0.4, -0.2) is 31.3 Å². The molecule has 0 aliphatic rings. The number of ether oxygens (including phenoxy) is 3. The van der Waals surface area contributed by atoms with Crippen molar-refractivity contribution in [2.45, 2.75) is 39.4 Å². The van der Waals surface area contributed by atoms with Crippen LogP contribution in [0.25, 0.3) is 0 Å². The van der Waals surface area contributed by atoms with Crippen LogP contribution < -0.4 is 4.74 Å². The standard InChI is InChI=1S/C15H20O5/c1-10(19-12(3)16)9-13-7-5-6-8-14(13)20-11(2)15(17)18-4/h5-8,10-11H,9H2,1-4H3/t10-,11+/m0/s1. The molecular formula is C15H20O5. The van der Waals surface area contributed by atoms with Gasteiger partial charge in [-0.25, -0.2) is 4.79 Å². The zero-order chi connectivity index (χ0) is 15.1. The zero-order valence-corrected chi connectivity index (χ0v) is 12.2. The number of para-hydroxylation sites is 1. The lowest BCUT2D eigenvalue weighted by atomic mass is 10.1. The van der Waals surface area contributed by atoms with Crippen molar-refractivity contribution in [3.05, 3.63) is 29.8 Å². The third kappa shape index (κ3) is 4.91. The molecule has 0 aliphatic heterocycles. The van der Waals surface area contributed by atoms with Gasteiger partial charge in [-0.05, 0) is 25.5 Å². The molecular weight excluding hydrogens is 260 g/mol. The summed E-state index contributed by atoms with van der Waals surface area (Å²) in [5.74, 6) is -0.170. The highest BCUT2D eigenvalue weighted by molar-refractivity contribution is 5.74. The molecule has 0 spiro atoms. The normalized spacial score (nSPS) is 13.2. The van der Waals surface area contributed by atoms with Crippen LogP contribution in [0.5, 0.6) is 5.75 Å². The number of rotatable bonds is 6. The molecule has 0 aliphatic carbocycles. The van der Waals surface area contributed by atoms with Gasteiger partial charge < -0.3 is 14.2 Å². The van der Waals surface area contributed by atoms with Crippen molar-refractivity contribution in [1.29, 1.82) is 0 Å². The van der Waals surface area contributed by atoms with E-state index in [9.17, 15) is 9.59 Å². The van der Waals surface area contributed by atoms with Crippen molar-refractivity contribution in [2.24, 2.45) is 0 Å². The first kappa shape index (κ1) is 16.0. The first-order valence-electron chi connectivity index (χ1n) is 6.43. The van der Waals surface area contributed by atoms with Gasteiger partial charge in [0.1, 0.15) is 11.9 Å². The number of esters is 2. The lowest BCUT2D eigenvalue weighted by Crippen LogP contribution is -2.25. The Morgan fingerprint density at radius 2 is 1.85 bits per heavy atom. The van der Waals surface area contributed by atoms with Gasteiger partial charge in [0.15, 0.2) is 6.10 Å². The third-order valence-corrected chi connectivity index (χ3v) is 2.68. The van der Waals surface area contributed by atoms with Crippen molar-refractivity contribution in [3.8, 4) is 5.75 Å². The van der Waals surface area contributed by atoms with E-state index in [0.29, 0.717) is 12.2 Å². The van der Waals surface area contributed by atoms with Crippen molar-refractivity contribution >= 4 is 11.9 Å². The summed E-state index contributed by atoms with van der Waals surface area (Å²) in [6.07, 6.45) is -0.431. The number of hydrogen-bond donors (Lipinski definition) is 0. The fraction of sp³-hybridized carbons (Fsp3) is 0.467. The van der Waals surface area contributed by atoms with Crippen molar-refractivity contribution in [1.82, 2.24) is 0 Å². The van der Waals surface area contributed by atoms with Crippen LogP contribution >= 0.6 is 0 Å². The van der Waals surface area contributed by atoms with Crippen LogP contribution in [0.2, 0.25) is 0 Å². The second kappa shape index (κ2) is 7.53. The average molecular weight is 280 g/mol. The van der Waals surface area contributed by atoms with Gasteiger partial charge >= 0.3 is 11.9 Å². The van der Waals surface area contributed by atoms with Gasteiger partial charge in [0.05, 0.1) is 7.11 Å². The van der Waals surface area contributed by atoms with E-state index in [1.807, 2.05) is 25.1 Å². The van der Waals surface area contributed by atoms with Gasteiger partial charge in [0.25, 0.3) is 0 Å². The molecule has 20 heavy (non-hydrogen) atoms. The predicted octanol–water partition coefficient (Wildman–Crippen LogP) is 2.12. The Labute approximate surface area is 118 Å². The summed E-state index contributed by atoms with van der Waals surface area (Å²) in [4.78, 5) is 22.3. The summed E-state index contributed by atoms with van der Waals surface area (Å²) in [6, 6.07) is 7.33. The minimum atomic E-state index is -0.690. The average Bonchev–Trinajstić information content (AvgIpc) is 2.39. The fourth-order valence-electron chi connectivity index (χ4n) is 1.83. The van der Waals surface area contributed by atoms with E-state index < -0.39 is 12.1 Å². The molecule has 0 fully saturated rings. The summed E-state index contributed by atoms with van der Waals surface area (Å²) in [6.45, 7) is 4.80. The molecule has 0 saturated heterocycles. The molecule has 1 aromatic carbocycles. The van der Waals surface area contributed by atoms with E-state index in [4.69, 9.17) is 9.47 Å². The van der Waals surface area contributed by atoms with Gasteiger partial charge in [-0.1, -0.05) is 18.2 Å². The van der Waals surface area contributed by atoms with Crippen LogP contribution in [0.1, 0.15) is 26.3 Å². The maximum absolute atomic E-state index is 11.4. The van der Waals surface area contributed by atoms with E-state index >= 15 is 0 Å². The van der Waals surface area contributed by atoms with Crippen LogP contribution in [0.3, 0.4) is 0 Å². The summed E-state index contributed by atoms with van der Waals surface area (Å²) >= 11 is 0. The van der Waals surface area contributed by atoms with Crippen LogP contribution in [0.4, 0.5) is 0 Å². The first-order valence-corrected chi connectivity index (χ1v) is 6.43. The molecule has 0 saturated carbocycles. The highest BCUT2D eigenvalue weighted by atomic mass is 16.6. The van der Waals surface area contributed by atoms with Crippen LogP contribution in [0.15, 0.2) is 24.3 Å². The molecule has 0 unspecified atom stereocenters. The Morgan fingerprint density at radius 1 is 1.20 bits per heavy atom. The summed E-state index contributed by atoms with van der Waals surface area (Å²) in [7, 11) is 1.32. The molecule has 110 valence electrons. The Hall–Kier alpha value is -2.04. The number of carbonyl (C=O) groups excluding carboxylic acids is 2. The molecule has 0 N–H and O–H groups in total. The molecule has 0 bridgehead atoms. The molecule has 1 rings (SSSR count). The molecule has 0 heterocycles. The van der Waals surface area contributed by atoms with Crippen LogP contribution in [-0.2, 0) is 25.5 Å². The maximum atomic E-state index is 11.4. The minimum Gasteiger partial charge on any atom is -0.479 e. The van der Waals surface area contributed by atoms with Gasteiger partial charge in [-0.15, -0.1) is 0 Å². The van der Waals surface area contributed by atoms with Crippen molar-refractivity contribution in [3.63, 3.8) is 0 Å². The lowest BCUT2D eigenvalue weighted by molar-refractivity contribution is -0.148. The first-order chi connectivity index (χ1) is 9.43. The maximum Gasteiger partial charge on any atom is 0.346 e. The number of benzene rings is 1. The smallest absolute Gasteiger partial charge is 0.346 e. The Kier molecular flexibility index (Phi) is 6.03. The van der Waals surface area contributed by atoms with Crippen molar-refractivity contribution in [2.75, 3.05) is 7.11 Å². The van der Waals surface area contributed by atoms with Gasteiger partial charge in [0.2, 0.25) is 0 Å². The Morgan fingerprint density at radius 3 is 2.45 bits per heavy atom. The molecule has 0 radical (unpaired) electrons. The van der Waals surface area contributed by atoms with E-state index in [-0.39, 0.29) is 12.1 Å². The lowest BCUT2D eigenvalue weighted by Gasteiger charge is -2.18. The summed E-state index contributed by atoms with van der Waals surface area (Å²) in [5.41, 5.74) is 0.872. The highest BCUT2D eigenvalue weighted by Crippen LogP contribution is 2.22. The number of hydrogen-bond acceptors (Lipinski definition) is 5. The van der Waals surface area contributed by atoms with Gasteiger partial charge in [-0.2, -0.15) is 0 Å². The third-order valence-electron chi connectivity index (χ3n) is 2.68. The largest absolute Gasteiger partial charge is 0.479 e. The molecule has 2 atom stereocenters. The van der Waals surface area contributed by atoms with Gasteiger partial charge in [-0.3, -0.25) is 4.79 Å². The Bertz CT molecular complexity index is 469. The second-order valence-electron chi connectivity index (χ2n) is 4.52. The van der Waals surface area contributed by atoms with E-state index in [2.05, 4.69) is 4.74 Å². The molecule has 0 amide bonds. The highest BCUT2D eigenvalue weighted by Gasteiger charge is 2.17. The van der Waals surface area contributed by atoms with E-state index in [1.165, 1.54) is 14.0 Å². The monoisotopic (exact) mass is 280 g/mol. The van der Waals surface area contributed by atoms with E-state index in [1.54, 1.807) is 13.0 Å². The SMILES string of the molecule is COC(=O)[C@@H](C)Oc1ccccc1C[C@H](C)OC(C)=O. The summed E-state index contributed by atoms with van der Waals surface area (Å²) in [5, 5.41) is 0. The second-order valence-corrected chi connectivity index (χ2v) is 4.52. The van der Waals surface area contributed by atoms with Crippen molar-refractivity contribution < 1.29 is 23.8 Å².